The summed E-state index contributed by atoms with van der Waals surface area (Å²) in [5, 5.41) is 0.623. The van der Waals surface area contributed by atoms with Gasteiger partial charge in [0.2, 0.25) is 0 Å². The van der Waals surface area contributed by atoms with Gasteiger partial charge in [0, 0.05) is 6.54 Å². The molecule has 1 unspecified atom stereocenters. The van der Waals surface area contributed by atoms with E-state index in [1.165, 1.54) is 0 Å². The number of benzene rings is 1. The Balaban J connectivity index is 2.34. The maximum Gasteiger partial charge on any atom is 0.138 e. The molecule has 1 aromatic rings. The van der Waals surface area contributed by atoms with Gasteiger partial charge in [-0.2, -0.15) is 0 Å². The van der Waals surface area contributed by atoms with Crippen molar-refractivity contribution >= 4 is 11.6 Å². The second-order valence-corrected chi connectivity index (χ2v) is 4.11. The highest BCUT2D eigenvalue weighted by molar-refractivity contribution is 6.32. The summed E-state index contributed by atoms with van der Waals surface area (Å²) in [4.78, 5) is 0. The molecule has 0 fully saturated rings. The Morgan fingerprint density at radius 3 is 2.81 bits per heavy atom. The number of aryl methyl sites for hydroxylation is 1. The van der Waals surface area contributed by atoms with Crippen LogP contribution >= 0.6 is 11.6 Å². The molecule has 90 valence electrons. The fourth-order valence-electron chi connectivity index (χ4n) is 1.19. The van der Waals surface area contributed by atoms with E-state index in [-0.39, 0.29) is 6.10 Å². The van der Waals surface area contributed by atoms with Gasteiger partial charge in [-0.25, -0.2) is 0 Å². The van der Waals surface area contributed by atoms with E-state index in [9.17, 15) is 0 Å². The summed E-state index contributed by atoms with van der Waals surface area (Å²) in [6.07, 6.45) is 0.0663. The Bertz CT molecular complexity index is 331. The molecule has 0 aromatic heterocycles. The summed E-state index contributed by atoms with van der Waals surface area (Å²) in [6.45, 7) is 5.44. The Kier molecular flexibility index (Phi) is 5.60. The van der Waals surface area contributed by atoms with Gasteiger partial charge in [0.05, 0.1) is 17.7 Å². The van der Waals surface area contributed by atoms with E-state index in [1.54, 1.807) is 0 Å². The van der Waals surface area contributed by atoms with E-state index in [0.717, 1.165) is 5.56 Å². The van der Waals surface area contributed by atoms with Crippen LogP contribution in [0.5, 0.6) is 5.75 Å². The number of hydrogen-bond acceptors (Lipinski definition) is 3. The second kappa shape index (κ2) is 6.74. The number of nitrogens with two attached hydrogens (primary N) is 1. The summed E-state index contributed by atoms with van der Waals surface area (Å²) < 4.78 is 10.9. The van der Waals surface area contributed by atoms with Gasteiger partial charge in [-0.05, 0) is 31.5 Å². The average Bonchev–Trinajstić information content (AvgIpc) is 2.28. The summed E-state index contributed by atoms with van der Waals surface area (Å²) in [7, 11) is 0. The first-order chi connectivity index (χ1) is 7.63. The largest absolute Gasteiger partial charge is 0.490 e. The van der Waals surface area contributed by atoms with E-state index in [0.29, 0.717) is 30.5 Å². The van der Waals surface area contributed by atoms with Crippen LogP contribution < -0.4 is 10.5 Å². The smallest absolute Gasteiger partial charge is 0.138 e. The average molecular weight is 244 g/mol. The van der Waals surface area contributed by atoms with Crippen LogP contribution in [-0.2, 0) is 4.74 Å². The van der Waals surface area contributed by atoms with E-state index in [2.05, 4.69) is 0 Å². The van der Waals surface area contributed by atoms with E-state index in [4.69, 9.17) is 26.8 Å². The predicted molar refractivity (Wildman–Crippen MR) is 66.2 cm³/mol. The molecule has 3 nitrogen and oxygen atoms in total. The van der Waals surface area contributed by atoms with E-state index < -0.39 is 0 Å². The highest BCUT2D eigenvalue weighted by Gasteiger charge is 2.02. The molecule has 0 radical (unpaired) electrons. The molecule has 2 N–H and O–H groups in total. The standard InChI is InChI=1S/C12H18ClNO2/c1-9-3-4-11(13)12(7-9)16-6-5-15-10(2)8-14/h3-4,7,10H,5-6,8,14H2,1-2H3. The second-order valence-electron chi connectivity index (χ2n) is 3.70. The highest BCUT2D eigenvalue weighted by Crippen LogP contribution is 2.24. The molecule has 16 heavy (non-hydrogen) atoms. The van der Waals surface area contributed by atoms with Gasteiger partial charge in [-0.15, -0.1) is 0 Å². The lowest BCUT2D eigenvalue weighted by atomic mass is 10.2. The zero-order valence-corrected chi connectivity index (χ0v) is 10.5. The predicted octanol–water partition coefficient (Wildman–Crippen LogP) is 2.39. The number of halogens is 1. The fourth-order valence-corrected chi connectivity index (χ4v) is 1.36. The summed E-state index contributed by atoms with van der Waals surface area (Å²) >= 11 is 5.98. The molecule has 0 saturated carbocycles. The Hall–Kier alpha value is -0.770. The minimum absolute atomic E-state index is 0.0663. The van der Waals surface area contributed by atoms with Crippen LogP contribution in [-0.4, -0.2) is 25.9 Å². The van der Waals surface area contributed by atoms with Crippen molar-refractivity contribution in [2.24, 2.45) is 5.73 Å². The van der Waals surface area contributed by atoms with Crippen LogP contribution in [0, 0.1) is 6.92 Å². The molecule has 0 aliphatic rings. The number of hydrogen-bond donors (Lipinski definition) is 1. The number of rotatable bonds is 6. The molecule has 0 aliphatic carbocycles. The van der Waals surface area contributed by atoms with Crippen LogP contribution in [0.2, 0.25) is 5.02 Å². The van der Waals surface area contributed by atoms with Gasteiger partial charge < -0.3 is 15.2 Å². The minimum atomic E-state index is 0.0663. The van der Waals surface area contributed by atoms with E-state index in [1.807, 2.05) is 32.0 Å². The zero-order valence-electron chi connectivity index (χ0n) is 9.70. The topological polar surface area (TPSA) is 44.5 Å². The summed E-state index contributed by atoms with van der Waals surface area (Å²) in [5.74, 6) is 0.700. The van der Waals surface area contributed by atoms with E-state index >= 15 is 0 Å². The summed E-state index contributed by atoms with van der Waals surface area (Å²) in [6, 6.07) is 5.69. The normalized spacial score (nSPS) is 12.5. The van der Waals surface area contributed by atoms with Crippen molar-refractivity contribution in [2.45, 2.75) is 20.0 Å². The van der Waals surface area contributed by atoms with Crippen molar-refractivity contribution in [3.05, 3.63) is 28.8 Å². The molecule has 1 rings (SSSR count). The third kappa shape index (κ3) is 4.39. The van der Waals surface area contributed by atoms with Crippen molar-refractivity contribution in [3.8, 4) is 5.75 Å². The fraction of sp³-hybridized carbons (Fsp3) is 0.500. The Morgan fingerprint density at radius 1 is 1.38 bits per heavy atom. The molecule has 0 amide bonds. The first kappa shape index (κ1) is 13.3. The van der Waals surface area contributed by atoms with Crippen LogP contribution in [0.15, 0.2) is 18.2 Å². The van der Waals surface area contributed by atoms with Crippen LogP contribution in [0.4, 0.5) is 0 Å². The molecule has 0 heterocycles. The first-order valence-electron chi connectivity index (χ1n) is 5.34. The van der Waals surface area contributed by atoms with Crippen molar-refractivity contribution in [1.82, 2.24) is 0 Å². The molecule has 0 saturated heterocycles. The molecule has 1 atom stereocenters. The lowest BCUT2D eigenvalue weighted by molar-refractivity contribution is 0.0496. The lowest BCUT2D eigenvalue weighted by Gasteiger charge is -2.12. The van der Waals surface area contributed by atoms with Gasteiger partial charge in [-0.1, -0.05) is 17.7 Å². The van der Waals surface area contributed by atoms with Gasteiger partial charge in [-0.3, -0.25) is 0 Å². The van der Waals surface area contributed by atoms with Crippen molar-refractivity contribution in [3.63, 3.8) is 0 Å². The Labute approximate surface area is 101 Å². The monoisotopic (exact) mass is 243 g/mol. The maximum absolute atomic E-state index is 5.98. The van der Waals surface area contributed by atoms with Crippen LogP contribution in [0.25, 0.3) is 0 Å². The van der Waals surface area contributed by atoms with Crippen LogP contribution in [0.1, 0.15) is 12.5 Å². The molecule has 1 aromatic carbocycles. The number of ether oxygens (including phenoxy) is 2. The molecular formula is C12H18ClNO2. The third-order valence-electron chi connectivity index (χ3n) is 2.16. The van der Waals surface area contributed by atoms with Gasteiger partial charge in [0.25, 0.3) is 0 Å². The molecule has 0 aliphatic heterocycles. The minimum Gasteiger partial charge on any atom is -0.490 e. The van der Waals surface area contributed by atoms with Crippen molar-refractivity contribution < 1.29 is 9.47 Å². The van der Waals surface area contributed by atoms with Crippen molar-refractivity contribution in [1.29, 1.82) is 0 Å². The third-order valence-corrected chi connectivity index (χ3v) is 2.47. The van der Waals surface area contributed by atoms with Crippen LogP contribution in [0.3, 0.4) is 0 Å². The molecule has 4 heteroatoms. The van der Waals surface area contributed by atoms with Gasteiger partial charge in [0.1, 0.15) is 12.4 Å². The summed E-state index contributed by atoms with van der Waals surface area (Å²) in [5.41, 5.74) is 6.54. The lowest BCUT2D eigenvalue weighted by Crippen LogP contribution is -2.22. The SMILES string of the molecule is Cc1ccc(Cl)c(OCCOC(C)CN)c1. The zero-order chi connectivity index (χ0) is 12.0. The highest BCUT2D eigenvalue weighted by atomic mass is 35.5. The quantitative estimate of drug-likeness (QED) is 0.781. The van der Waals surface area contributed by atoms with Gasteiger partial charge >= 0.3 is 0 Å². The van der Waals surface area contributed by atoms with Gasteiger partial charge in [0.15, 0.2) is 0 Å². The maximum atomic E-state index is 5.98. The molecule has 0 bridgehead atoms. The molecule has 0 spiro atoms. The first-order valence-corrected chi connectivity index (χ1v) is 5.72. The Morgan fingerprint density at radius 2 is 2.12 bits per heavy atom. The molecular weight excluding hydrogens is 226 g/mol. The van der Waals surface area contributed by atoms with Crippen molar-refractivity contribution in [2.75, 3.05) is 19.8 Å².